The number of carbonyl (C=O) groups is 1. The summed E-state index contributed by atoms with van der Waals surface area (Å²) in [5.74, 6) is -0.0973. The molecule has 1 aromatic carbocycles. The fraction of sp³-hybridized carbons (Fsp3) is 0. The van der Waals surface area contributed by atoms with Crippen LogP contribution in [0.1, 0.15) is 0 Å². The van der Waals surface area contributed by atoms with Gasteiger partial charge in [-0.3, -0.25) is 4.79 Å². The number of para-hydroxylation sites is 1. The van der Waals surface area contributed by atoms with E-state index >= 15 is 0 Å². The van der Waals surface area contributed by atoms with Gasteiger partial charge in [-0.1, -0.05) is 29.6 Å². The lowest BCUT2D eigenvalue weighted by Crippen LogP contribution is -2.33. The van der Waals surface area contributed by atoms with Crippen LogP contribution >= 0.6 is 0 Å². The molecule has 1 radical (unpaired) electrons. The molecular weight excluding hydrogens is 190 g/mol. The summed E-state index contributed by atoms with van der Waals surface area (Å²) in [6.07, 6.45) is 0. The van der Waals surface area contributed by atoms with E-state index in [4.69, 9.17) is 0 Å². The lowest BCUT2D eigenvalue weighted by atomic mass is 10.0. The first-order valence-electron chi connectivity index (χ1n) is 4.38. The number of nitrogens with zero attached hydrogens (tertiary/aromatic N) is 1. The van der Waals surface area contributed by atoms with Gasteiger partial charge in [-0.2, -0.15) is 0 Å². The van der Waals surface area contributed by atoms with Gasteiger partial charge in [0.15, 0.2) is 0 Å². The fourth-order valence-corrected chi connectivity index (χ4v) is 2.74. The Morgan fingerprint density at radius 1 is 1.21 bits per heavy atom. The van der Waals surface area contributed by atoms with Crippen LogP contribution in [0.5, 0.6) is 0 Å². The predicted octanol–water partition coefficient (Wildman–Crippen LogP) is -0.599. The van der Waals surface area contributed by atoms with Crippen molar-refractivity contribution in [2.24, 2.45) is 4.99 Å². The van der Waals surface area contributed by atoms with Gasteiger partial charge in [-0.25, -0.2) is 4.99 Å². The molecule has 0 atom stereocenters. The number of carbonyl (C=O) groups excluding carboxylic acids is 1. The maximum Gasteiger partial charge on any atom is 0.277 e. The number of rotatable bonds is 0. The van der Waals surface area contributed by atoms with Gasteiger partial charge < -0.3 is 0 Å². The minimum absolute atomic E-state index is 0.0973. The molecule has 3 heteroatoms. The summed E-state index contributed by atoms with van der Waals surface area (Å²) in [5, 5.41) is 1.89. The van der Waals surface area contributed by atoms with Gasteiger partial charge in [0.05, 0.1) is 14.5 Å². The van der Waals surface area contributed by atoms with E-state index in [0.717, 1.165) is 21.7 Å². The first-order chi connectivity index (χ1) is 6.86. The standard InChI is InChI=1S/C11H6NOSi/c13-11-9-6-14-5-8(9)7-3-1-2-4-10(7)12-11/h1-6H. The minimum atomic E-state index is -0.0973. The Morgan fingerprint density at radius 3 is 3.00 bits per heavy atom. The van der Waals surface area contributed by atoms with Gasteiger partial charge in [0.2, 0.25) is 0 Å². The first-order valence-corrected chi connectivity index (χ1v) is 5.54. The van der Waals surface area contributed by atoms with Crippen molar-refractivity contribution in [1.82, 2.24) is 0 Å². The largest absolute Gasteiger partial charge is 0.277 e. The highest BCUT2D eigenvalue weighted by Gasteiger charge is 2.18. The second kappa shape index (κ2) is 2.69. The van der Waals surface area contributed by atoms with Gasteiger partial charge in [-0.15, -0.1) is 0 Å². The van der Waals surface area contributed by atoms with Crippen molar-refractivity contribution in [1.29, 1.82) is 0 Å². The number of amides is 1. The molecule has 0 fully saturated rings. The Bertz CT molecular complexity index is 610. The fourth-order valence-electron chi connectivity index (χ4n) is 1.73. The quantitative estimate of drug-likeness (QED) is 0.510. The van der Waals surface area contributed by atoms with Crippen LogP contribution in [0.4, 0.5) is 0 Å². The number of fused-ring (bicyclic) bond motifs is 2. The van der Waals surface area contributed by atoms with Crippen LogP contribution in [-0.2, 0) is 4.79 Å². The van der Waals surface area contributed by atoms with Crippen LogP contribution in [0.15, 0.2) is 40.5 Å². The van der Waals surface area contributed by atoms with E-state index in [1.807, 2.05) is 30.0 Å². The minimum Gasteiger partial charge on any atom is -0.267 e. The Morgan fingerprint density at radius 2 is 2.07 bits per heavy atom. The Hall–Kier alpha value is -1.61. The molecule has 0 aromatic heterocycles. The maximum atomic E-state index is 11.6. The van der Waals surface area contributed by atoms with E-state index in [2.05, 4.69) is 10.7 Å². The molecule has 2 aliphatic heterocycles. The molecule has 65 valence electrons. The number of hydrogen-bond donors (Lipinski definition) is 0. The van der Waals surface area contributed by atoms with E-state index in [0.29, 0.717) is 9.13 Å². The monoisotopic (exact) mass is 196 g/mol. The van der Waals surface area contributed by atoms with Crippen LogP contribution in [0.2, 0.25) is 0 Å². The Kier molecular flexibility index (Phi) is 1.49. The van der Waals surface area contributed by atoms with Crippen LogP contribution in [0.25, 0.3) is 5.57 Å². The summed E-state index contributed by atoms with van der Waals surface area (Å²) in [5.41, 5.74) is 5.93. The molecule has 1 amide bonds. The van der Waals surface area contributed by atoms with E-state index in [9.17, 15) is 4.79 Å². The third-order valence-electron chi connectivity index (χ3n) is 2.39. The lowest BCUT2D eigenvalue weighted by Gasteiger charge is -2.06. The van der Waals surface area contributed by atoms with E-state index in [1.54, 1.807) is 0 Å². The average Bonchev–Trinajstić information content (AvgIpc) is 2.67. The van der Waals surface area contributed by atoms with Gasteiger partial charge in [0, 0.05) is 10.8 Å². The molecule has 0 aliphatic carbocycles. The molecule has 2 nitrogen and oxygen atoms in total. The molecule has 0 saturated heterocycles. The third-order valence-corrected chi connectivity index (χ3v) is 3.30. The predicted molar refractivity (Wildman–Crippen MR) is 55.5 cm³/mol. The third kappa shape index (κ3) is 0.929. The van der Waals surface area contributed by atoms with E-state index in [-0.39, 0.29) is 5.91 Å². The van der Waals surface area contributed by atoms with Crippen LogP contribution in [0, 0.1) is 0 Å². The highest BCUT2D eigenvalue weighted by molar-refractivity contribution is 6.65. The van der Waals surface area contributed by atoms with Gasteiger partial charge in [-0.05, 0) is 11.6 Å². The van der Waals surface area contributed by atoms with Crippen molar-refractivity contribution in [3.63, 3.8) is 0 Å². The SMILES string of the molecule is O=C1N=c2ccccc2=C2C=[Si]C=C12. The van der Waals surface area contributed by atoms with E-state index in [1.165, 1.54) is 0 Å². The van der Waals surface area contributed by atoms with Gasteiger partial charge >= 0.3 is 0 Å². The number of hydrogen-bond acceptors (Lipinski definition) is 1. The molecule has 0 bridgehead atoms. The smallest absolute Gasteiger partial charge is 0.267 e. The zero-order valence-corrected chi connectivity index (χ0v) is 8.32. The zero-order chi connectivity index (χ0) is 9.54. The Balaban J connectivity index is 2.57. The molecular formula is C11H6NOSi. The molecule has 0 saturated carbocycles. The maximum absolute atomic E-state index is 11.6. The van der Waals surface area contributed by atoms with Crippen molar-refractivity contribution < 1.29 is 4.79 Å². The average molecular weight is 196 g/mol. The van der Waals surface area contributed by atoms with Crippen LogP contribution in [0.3, 0.4) is 0 Å². The first kappa shape index (κ1) is 7.76. The summed E-state index contributed by atoms with van der Waals surface area (Å²) in [6.45, 7) is 0. The molecule has 14 heavy (non-hydrogen) atoms. The van der Waals surface area contributed by atoms with Crippen molar-refractivity contribution in [3.05, 3.63) is 46.1 Å². The summed E-state index contributed by atoms with van der Waals surface area (Å²) in [7, 11) is 0.616. The molecule has 0 N–H and O–H groups in total. The normalized spacial score (nSPS) is 17.3. The molecule has 1 aromatic rings. The van der Waals surface area contributed by atoms with Crippen molar-refractivity contribution in [2.75, 3.05) is 0 Å². The highest BCUT2D eigenvalue weighted by atomic mass is 28.2. The lowest BCUT2D eigenvalue weighted by molar-refractivity contribution is -0.114. The molecule has 0 spiro atoms. The molecule has 3 rings (SSSR count). The van der Waals surface area contributed by atoms with Gasteiger partial charge in [0.1, 0.15) is 0 Å². The molecule has 2 heterocycles. The number of benzene rings is 1. The zero-order valence-electron chi connectivity index (χ0n) is 7.32. The van der Waals surface area contributed by atoms with Gasteiger partial charge in [0.25, 0.3) is 5.91 Å². The van der Waals surface area contributed by atoms with E-state index < -0.39 is 0 Å². The summed E-state index contributed by atoms with van der Waals surface area (Å²) >= 11 is 0. The van der Waals surface area contributed by atoms with Crippen molar-refractivity contribution in [2.45, 2.75) is 0 Å². The second-order valence-corrected chi connectivity index (χ2v) is 4.13. The highest BCUT2D eigenvalue weighted by Crippen LogP contribution is 2.13. The van der Waals surface area contributed by atoms with Crippen molar-refractivity contribution in [3.8, 4) is 0 Å². The summed E-state index contributed by atoms with van der Waals surface area (Å²) in [6, 6.07) is 7.78. The molecule has 2 aliphatic rings. The summed E-state index contributed by atoms with van der Waals surface area (Å²) < 4.78 is 0. The van der Waals surface area contributed by atoms with Crippen LogP contribution in [-0.4, -0.2) is 20.7 Å². The van der Waals surface area contributed by atoms with Crippen molar-refractivity contribution >= 4 is 26.3 Å². The van der Waals surface area contributed by atoms with Crippen LogP contribution < -0.4 is 10.6 Å². The second-order valence-electron chi connectivity index (χ2n) is 3.22. The topological polar surface area (TPSA) is 29.4 Å². The summed E-state index contributed by atoms with van der Waals surface area (Å²) in [4.78, 5) is 15.6. The molecule has 0 unspecified atom stereocenters. The Labute approximate surface area is 82.7 Å².